The van der Waals surface area contributed by atoms with Crippen LogP contribution in [0.1, 0.15) is 5.56 Å². The summed E-state index contributed by atoms with van der Waals surface area (Å²) in [7, 11) is 0. The molecule has 1 heterocycles. The van der Waals surface area contributed by atoms with Gasteiger partial charge in [-0.15, -0.1) is 0 Å². The molecule has 0 unspecified atom stereocenters. The fourth-order valence-corrected chi connectivity index (χ4v) is 9.38. The van der Waals surface area contributed by atoms with Gasteiger partial charge in [-0.25, -0.2) is 0 Å². The van der Waals surface area contributed by atoms with Crippen molar-refractivity contribution in [3.05, 3.63) is 200 Å². The molecule has 11 aromatic carbocycles. The van der Waals surface area contributed by atoms with Crippen LogP contribution in [0.5, 0.6) is 0 Å². The zero-order valence-corrected chi connectivity index (χ0v) is 30.9. The molecule has 0 atom stereocenters. The second kappa shape index (κ2) is 12.1. The first kappa shape index (κ1) is 31.6. The summed E-state index contributed by atoms with van der Waals surface area (Å²) in [5.41, 5.74) is 11.2. The van der Waals surface area contributed by atoms with Gasteiger partial charge < -0.3 is 4.57 Å². The van der Waals surface area contributed by atoms with Crippen LogP contribution >= 0.6 is 0 Å². The molecule has 0 aliphatic carbocycles. The summed E-state index contributed by atoms with van der Waals surface area (Å²) in [5, 5.41) is 24.7. The van der Waals surface area contributed by atoms with Gasteiger partial charge in [0.15, 0.2) is 0 Å². The summed E-state index contributed by atoms with van der Waals surface area (Å²) in [4.78, 5) is 0. The van der Waals surface area contributed by atoms with Gasteiger partial charge in [-0.2, -0.15) is 5.26 Å². The van der Waals surface area contributed by atoms with E-state index in [0.29, 0.717) is 5.56 Å². The maximum absolute atomic E-state index is 9.71. The third kappa shape index (κ3) is 4.83. The van der Waals surface area contributed by atoms with Crippen LogP contribution in [0.4, 0.5) is 0 Å². The Hall–Kier alpha value is -7.73. The van der Waals surface area contributed by atoms with Gasteiger partial charge in [-0.05, 0) is 136 Å². The largest absolute Gasteiger partial charge is 0.309 e. The van der Waals surface area contributed by atoms with Crippen molar-refractivity contribution in [3.63, 3.8) is 0 Å². The number of para-hydroxylation sites is 1. The van der Waals surface area contributed by atoms with Crippen LogP contribution in [-0.4, -0.2) is 4.57 Å². The topological polar surface area (TPSA) is 28.7 Å². The van der Waals surface area contributed by atoms with Gasteiger partial charge in [-0.3, -0.25) is 0 Å². The molecule has 262 valence electrons. The Bertz CT molecular complexity index is 3640. The second-order valence-electron chi connectivity index (χ2n) is 15.2. The van der Waals surface area contributed by atoms with Crippen LogP contribution in [0, 0.1) is 11.3 Å². The van der Waals surface area contributed by atoms with E-state index < -0.39 is 0 Å². The Labute approximate surface area is 329 Å². The Morgan fingerprint density at radius 2 is 0.789 bits per heavy atom. The summed E-state index contributed by atoms with van der Waals surface area (Å²) < 4.78 is 2.28. The van der Waals surface area contributed by atoms with Crippen molar-refractivity contribution in [1.29, 1.82) is 5.26 Å². The molecule has 2 heteroatoms. The summed E-state index contributed by atoms with van der Waals surface area (Å²) in [6.45, 7) is 0. The van der Waals surface area contributed by atoms with Crippen molar-refractivity contribution >= 4 is 75.7 Å². The molecule has 0 saturated carbocycles. The quantitative estimate of drug-likeness (QED) is 0.166. The molecule has 0 saturated heterocycles. The molecule has 0 fully saturated rings. The standard InChI is InChI=1S/C55H32N2/c56-33-34-10-22-48-49-25-21-42(32-53(49)57(52(48)28-34)45-8-2-1-3-9-45)40-12-13-41-31-44(16-14-39(41)29-40)47-24-18-37-19-26-50-46(23-17-36-20-27-51(47)55(37)54(36)50)43-15-11-35-6-4-5-7-38(35)30-43/h1-32H. The highest BCUT2D eigenvalue weighted by Crippen LogP contribution is 2.43. The molecule has 0 spiro atoms. The second-order valence-corrected chi connectivity index (χ2v) is 15.2. The van der Waals surface area contributed by atoms with Crippen molar-refractivity contribution in [2.24, 2.45) is 0 Å². The number of nitriles is 1. The number of aromatic nitrogens is 1. The third-order valence-corrected chi connectivity index (χ3v) is 12.1. The lowest BCUT2D eigenvalue weighted by atomic mass is 9.86. The first-order valence-corrected chi connectivity index (χ1v) is 19.5. The van der Waals surface area contributed by atoms with Gasteiger partial charge in [-0.1, -0.05) is 146 Å². The van der Waals surface area contributed by atoms with E-state index in [9.17, 15) is 5.26 Å². The van der Waals surface area contributed by atoms with E-state index >= 15 is 0 Å². The Morgan fingerprint density at radius 1 is 0.333 bits per heavy atom. The fraction of sp³-hybridized carbons (Fsp3) is 0. The molecule has 0 amide bonds. The molecule has 57 heavy (non-hydrogen) atoms. The summed E-state index contributed by atoms with van der Waals surface area (Å²) in [6, 6.07) is 73.0. The fourth-order valence-electron chi connectivity index (χ4n) is 9.38. The highest BCUT2D eigenvalue weighted by atomic mass is 15.0. The van der Waals surface area contributed by atoms with E-state index in [1.165, 1.54) is 87.1 Å². The number of benzene rings is 11. The normalized spacial score (nSPS) is 11.8. The van der Waals surface area contributed by atoms with Crippen molar-refractivity contribution in [2.45, 2.75) is 0 Å². The molecular formula is C55H32N2. The Kier molecular flexibility index (Phi) is 6.73. The summed E-state index contributed by atoms with van der Waals surface area (Å²) >= 11 is 0. The first-order chi connectivity index (χ1) is 28.2. The molecule has 1 aromatic heterocycles. The minimum absolute atomic E-state index is 0.657. The van der Waals surface area contributed by atoms with Crippen molar-refractivity contribution in [1.82, 2.24) is 4.57 Å². The lowest BCUT2D eigenvalue weighted by Crippen LogP contribution is -1.93. The monoisotopic (exact) mass is 720 g/mol. The van der Waals surface area contributed by atoms with Crippen molar-refractivity contribution < 1.29 is 0 Å². The van der Waals surface area contributed by atoms with Crippen LogP contribution in [-0.2, 0) is 0 Å². The molecule has 0 bridgehead atoms. The van der Waals surface area contributed by atoms with Gasteiger partial charge in [0, 0.05) is 16.5 Å². The van der Waals surface area contributed by atoms with E-state index in [-0.39, 0.29) is 0 Å². The number of hydrogen-bond donors (Lipinski definition) is 0. The molecule has 0 aliphatic heterocycles. The maximum Gasteiger partial charge on any atom is 0.0992 e. The van der Waals surface area contributed by atoms with E-state index in [1.54, 1.807) is 0 Å². The van der Waals surface area contributed by atoms with Gasteiger partial charge in [0.1, 0.15) is 0 Å². The smallest absolute Gasteiger partial charge is 0.0992 e. The number of hydrogen-bond acceptors (Lipinski definition) is 1. The van der Waals surface area contributed by atoms with E-state index in [0.717, 1.165) is 27.7 Å². The molecule has 0 N–H and O–H groups in total. The molecule has 0 radical (unpaired) electrons. The zero-order valence-electron chi connectivity index (χ0n) is 30.9. The lowest BCUT2D eigenvalue weighted by molar-refractivity contribution is 1.18. The maximum atomic E-state index is 9.71. The highest BCUT2D eigenvalue weighted by Gasteiger charge is 2.17. The summed E-state index contributed by atoms with van der Waals surface area (Å²) in [5.74, 6) is 0. The first-order valence-electron chi connectivity index (χ1n) is 19.5. The minimum atomic E-state index is 0.657. The van der Waals surface area contributed by atoms with Gasteiger partial charge in [0.2, 0.25) is 0 Å². The van der Waals surface area contributed by atoms with Gasteiger partial charge in [0.05, 0.1) is 22.7 Å². The molecule has 2 nitrogen and oxygen atoms in total. The van der Waals surface area contributed by atoms with Crippen LogP contribution in [0.2, 0.25) is 0 Å². The Morgan fingerprint density at radius 3 is 1.46 bits per heavy atom. The molecule has 12 rings (SSSR count). The number of fused-ring (bicyclic) bond motifs is 5. The number of nitrogens with zero attached hydrogens (tertiary/aromatic N) is 2. The van der Waals surface area contributed by atoms with Gasteiger partial charge in [0.25, 0.3) is 0 Å². The summed E-state index contributed by atoms with van der Waals surface area (Å²) in [6.07, 6.45) is 0. The van der Waals surface area contributed by atoms with Crippen molar-refractivity contribution in [2.75, 3.05) is 0 Å². The predicted molar refractivity (Wildman–Crippen MR) is 241 cm³/mol. The SMILES string of the molecule is N#Cc1ccc2c3ccc(-c4ccc5cc(-c6ccc7ccc8c(-c9ccc%10ccccc%10c9)ccc9ccc6c7c98)ccc5c4)cc3n(-c3ccccc3)c2c1. The average molecular weight is 721 g/mol. The van der Waals surface area contributed by atoms with Crippen LogP contribution < -0.4 is 0 Å². The van der Waals surface area contributed by atoms with Gasteiger partial charge >= 0.3 is 0 Å². The zero-order chi connectivity index (χ0) is 37.6. The van der Waals surface area contributed by atoms with Crippen LogP contribution in [0.15, 0.2) is 194 Å². The predicted octanol–water partition coefficient (Wildman–Crippen LogP) is 14.9. The molecular weight excluding hydrogens is 689 g/mol. The van der Waals surface area contributed by atoms with E-state index in [4.69, 9.17) is 0 Å². The average Bonchev–Trinajstić information content (AvgIpc) is 3.60. The molecule has 12 aromatic rings. The highest BCUT2D eigenvalue weighted by molar-refractivity contribution is 6.27. The van der Waals surface area contributed by atoms with Crippen LogP contribution in [0.3, 0.4) is 0 Å². The number of rotatable bonds is 4. The Balaban J connectivity index is 0.965. The van der Waals surface area contributed by atoms with E-state index in [2.05, 4.69) is 187 Å². The molecule has 0 aliphatic rings. The third-order valence-electron chi connectivity index (χ3n) is 12.1. The van der Waals surface area contributed by atoms with Crippen LogP contribution in [0.25, 0.3) is 115 Å². The minimum Gasteiger partial charge on any atom is -0.309 e. The lowest BCUT2D eigenvalue weighted by Gasteiger charge is -2.17. The van der Waals surface area contributed by atoms with Crippen molar-refractivity contribution in [3.8, 4) is 45.1 Å². The van der Waals surface area contributed by atoms with E-state index in [1.807, 2.05) is 18.2 Å².